The molecule has 0 amide bonds. The summed E-state index contributed by atoms with van der Waals surface area (Å²) in [6.45, 7) is 4.33. The molecule has 0 spiro atoms. The first-order chi connectivity index (χ1) is 8.72. The fraction of sp³-hybridized carbons (Fsp3) is 0.250. The van der Waals surface area contributed by atoms with Gasteiger partial charge in [0.15, 0.2) is 5.82 Å². The predicted octanol–water partition coefficient (Wildman–Crippen LogP) is 2.19. The summed E-state index contributed by atoms with van der Waals surface area (Å²) in [7, 11) is 0. The summed E-state index contributed by atoms with van der Waals surface area (Å²) in [6.07, 6.45) is 3.59. The van der Waals surface area contributed by atoms with Gasteiger partial charge < -0.3 is 13.6 Å². The topological polar surface area (TPSA) is 69.9 Å². The summed E-state index contributed by atoms with van der Waals surface area (Å²) in [4.78, 5) is 4.27. The highest BCUT2D eigenvalue weighted by Crippen LogP contribution is 2.19. The van der Waals surface area contributed by atoms with Crippen molar-refractivity contribution >= 4 is 0 Å². The molecule has 0 N–H and O–H groups in total. The summed E-state index contributed by atoms with van der Waals surface area (Å²) < 4.78 is 12.2. The van der Waals surface area contributed by atoms with Gasteiger partial charge in [-0.2, -0.15) is 0 Å². The van der Waals surface area contributed by atoms with Crippen LogP contribution in [0, 0.1) is 13.8 Å². The molecule has 0 radical (unpaired) electrons. The zero-order valence-electron chi connectivity index (χ0n) is 10.1. The molecule has 0 atom stereocenters. The van der Waals surface area contributed by atoms with E-state index in [4.69, 9.17) is 9.05 Å². The lowest BCUT2D eigenvalue weighted by Gasteiger charge is -2.01. The van der Waals surface area contributed by atoms with Crippen LogP contribution in [0.1, 0.15) is 17.1 Å². The maximum Gasteiger partial charge on any atom is 0.202 e. The Morgan fingerprint density at radius 2 is 2.06 bits per heavy atom. The monoisotopic (exact) mass is 244 g/mol. The number of aryl methyl sites for hydroxylation is 2. The minimum Gasteiger partial charge on any atom is -0.361 e. The molecule has 6 nitrogen and oxygen atoms in total. The molecular formula is C12H12N4O2. The Morgan fingerprint density at radius 1 is 1.17 bits per heavy atom. The van der Waals surface area contributed by atoms with Crippen molar-refractivity contribution in [3.05, 3.63) is 41.7 Å². The standard InChI is InChI=1S/C12H12N4O2/c1-8-5-11(18-14-8)12-13-3-4-16(12)7-10-6-9(2)17-15-10/h3-6H,7H2,1-2H3. The first kappa shape index (κ1) is 10.8. The van der Waals surface area contributed by atoms with E-state index in [1.54, 1.807) is 6.20 Å². The number of hydrogen-bond donors (Lipinski definition) is 0. The fourth-order valence-corrected chi connectivity index (χ4v) is 1.80. The summed E-state index contributed by atoms with van der Waals surface area (Å²) in [6, 6.07) is 3.75. The SMILES string of the molecule is Cc1cc(-c2nccn2Cc2cc(C)on2)on1. The molecule has 0 saturated heterocycles. The first-order valence-corrected chi connectivity index (χ1v) is 5.59. The molecule has 0 aliphatic heterocycles. The van der Waals surface area contributed by atoms with Gasteiger partial charge in [0.1, 0.15) is 11.5 Å². The quantitative estimate of drug-likeness (QED) is 0.706. The maximum absolute atomic E-state index is 5.22. The normalized spacial score (nSPS) is 11.0. The van der Waals surface area contributed by atoms with Gasteiger partial charge in [0, 0.05) is 24.5 Å². The molecule has 0 aliphatic rings. The Bertz CT molecular complexity index is 665. The highest BCUT2D eigenvalue weighted by atomic mass is 16.5. The number of imidazole rings is 1. The number of hydrogen-bond acceptors (Lipinski definition) is 5. The molecule has 0 aromatic carbocycles. The molecule has 0 unspecified atom stereocenters. The van der Waals surface area contributed by atoms with E-state index in [0.717, 1.165) is 23.0 Å². The lowest BCUT2D eigenvalue weighted by molar-refractivity contribution is 0.388. The molecule has 0 bridgehead atoms. The van der Waals surface area contributed by atoms with Gasteiger partial charge >= 0.3 is 0 Å². The summed E-state index contributed by atoms with van der Waals surface area (Å²) in [5.74, 6) is 2.18. The Labute approximate surface area is 103 Å². The van der Waals surface area contributed by atoms with E-state index in [2.05, 4.69) is 15.3 Å². The highest BCUT2D eigenvalue weighted by molar-refractivity contribution is 5.47. The number of rotatable bonds is 3. The molecule has 6 heteroatoms. The van der Waals surface area contributed by atoms with Crippen LogP contribution in [0.15, 0.2) is 33.6 Å². The Kier molecular flexibility index (Phi) is 2.47. The molecule has 0 saturated carbocycles. The van der Waals surface area contributed by atoms with E-state index in [9.17, 15) is 0 Å². The van der Waals surface area contributed by atoms with Gasteiger partial charge in [-0.15, -0.1) is 0 Å². The molecule has 3 aromatic heterocycles. The van der Waals surface area contributed by atoms with Crippen LogP contribution in [0.25, 0.3) is 11.6 Å². The van der Waals surface area contributed by atoms with Crippen LogP contribution in [0.5, 0.6) is 0 Å². The van der Waals surface area contributed by atoms with E-state index in [1.807, 2.05) is 36.7 Å². The Hall–Kier alpha value is -2.37. The minimum absolute atomic E-state index is 0.590. The lowest BCUT2D eigenvalue weighted by Crippen LogP contribution is -2.00. The van der Waals surface area contributed by atoms with Crippen LogP contribution in [-0.4, -0.2) is 19.9 Å². The Balaban J connectivity index is 1.92. The predicted molar refractivity (Wildman–Crippen MR) is 62.8 cm³/mol. The number of nitrogens with zero attached hydrogens (tertiary/aromatic N) is 4. The van der Waals surface area contributed by atoms with Crippen LogP contribution < -0.4 is 0 Å². The van der Waals surface area contributed by atoms with Crippen molar-refractivity contribution in [1.82, 2.24) is 19.9 Å². The van der Waals surface area contributed by atoms with E-state index in [-0.39, 0.29) is 0 Å². The molecule has 0 fully saturated rings. The average molecular weight is 244 g/mol. The molecule has 3 aromatic rings. The zero-order chi connectivity index (χ0) is 12.5. The molecule has 0 aliphatic carbocycles. The average Bonchev–Trinajstić information content (AvgIpc) is 3.01. The van der Waals surface area contributed by atoms with Crippen LogP contribution in [-0.2, 0) is 6.54 Å². The molecular weight excluding hydrogens is 232 g/mol. The van der Waals surface area contributed by atoms with E-state index in [0.29, 0.717) is 12.3 Å². The minimum atomic E-state index is 0.590. The second kappa shape index (κ2) is 4.14. The van der Waals surface area contributed by atoms with Crippen molar-refractivity contribution in [2.45, 2.75) is 20.4 Å². The van der Waals surface area contributed by atoms with Gasteiger partial charge in [-0.05, 0) is 13.8 Å². The van der Waals surface area contributed by atoms with E-state index in [1.165, 1.54) is 0 Å². The van der Waals surface area contributed by atoms with Crippen molar-refractivity contribution in [3.8, 4) is 11.6 Å². The van der Waals surface area contributed by atoms with Crippen molar-refractivity contribution in [3.63, 3.8) is 0 Å². The summed E-state index contributed by atoms with van der Waals surface area (Å²) in [5.41, 5.74) is 1.68. The second-order valence-electron chi connectivity index (χ2n) is 4.14. The Morgan fingerprint density at radius 3 is 2.72 bits per heavy atom. The van der Waals surface area contributed by atoms with Gasteiger partial charge in [-0.25, -0.2) is 4.98 Å². The summed E-state index contributed by atoms with van der Waals surface area (Å²) >= 11 is 0. The third-order valence-corrected chi connectivity index (χ3v) is 2.57. The van der Waals surface area contributed by atoms with Crippen molar-refractivity contribution in [2.24, 2.45) is 0 Å². The number of aromatic nitrogens is 4. The largest absolute Gasteiger partial charge is 0.361 e. The molecule has 3 heterocycles. The zero-order valence-corrected chi connectivity index (χ0v) is 10.1. The maximum atomic E-state index is 5.22. The van der Waals surface area contributed by atoms with Crippen LogP contribution in [0.4, 0.5) is 0 Å². The van der Waals surface area contributed by atoms with Gasteiger partial charge in [0.25, 0.3) is 0 Å². The molecule has 92 valence electrons. The van der Waals surface area contributed by atoms with Gasteiger partial charge in [0.05, 0.1) is 12.2 Å². The van der Waals surface area contributed by atoms with E-state index < -0.39 is 0 Å². The smallest absolute Gasteiger partial charge is 0.202 e. The van der Waals surface area contributed by atoms with Gasteiger partial charge in [-0.1, -0.05) is 10.3 Å². The lowest BCUT2D eigenvalue weighted by atomic mass is 10.3. The third kappa shape index (κ3) is 1.92. The van der Waals surface area contributed by atoms with Crippen molar-refractivity contribution in [1.29, 1.82) is 0 Å². The highest BCUT2D eigenvalue weighted by Gasteiger charge is 2.12. The van der Waals surface area contributed by atoms with Crippen LogP contribution in [0.2, 0.25) is 0 Å². The molecule has 3 rings (SSSR count). The third-order valence-electron chi connectivity index (χ3n) is 2.57. The summed E-state index contributed by atoms with van der Waals surface area (Å²) in [5, 5.41) is 7.82. The van der Waals surface area contributed by atoms with Gasteiger partial charge in [-0.3, -0.25) is 0 Å². The second-order valence-corrected chi connectivity index (χ2v) is 4.14. The van der Waals surface area contributed by atoms with Crippen molar-refractivity contribution in [2.75, 3.05) is 0 Å². The van der Waals surface area contributed by atoms with E-state index >= 15 is 0 Å². The molecule has 18 heavy (non-hydrogen) atoms. The fourth-order valence-electron chi connectivity index (χ4n) is 1.80. The van der Waals surface area contributed by atoms with Crippen molar-refractivity contribution < 1.29 is 9.05 Å². The van der Waals surface area contributed by atoms with Crippen LogP contribution in [0.3, 0.4) is 0 Å². The first-order valence-electron chi connectivity index (χ1n) is 5.59. The van der Waals surface area contributed by atoms with Gasteiger partial charge in [0.2, 0.25) is 5.76 Å². The van der Waals surface area contributed by atoms with Crippen LogP contribution >= 0.6 is 0 Å².